The van der Waals surface area contributed by atoms with Crippen molar-refractivity contribution in [1.82, 2.24) is 4.90 Å². The molecule has 0 radical (unpaired) electrons. The standard InChI is InChI=1S/C13H28N2O5S/c1-4-19-9-7-15(8-10-20-5-2)13(16)12(14)6-11-21(3,17)18/h12H,4-11,14H2,1-3H3. The molecular weight excluding hydrogens is 296 g/mol. The fourth-order valence-electron chi connectivity index (χ4n) is 1.67. The highest BCUT2D eigenvalue weighted by Crippen LogP contribution is 2.01. The molecule has 0 heterocycles. The van der Waals surface area contributed by atoms with Gasteiger partial charge in [-0.2, -0.15) is 0 Å². The molecular formula is C13H28N2O5S. The lowest BCUT2D eigenvalue weighted by Crippen LogP contribution is -2.47. The van der Waals surface area contributed by atoms with Crippen LogP contribution in [0.3, 0.4) is 0 Å². The van der Waals surface area contributed by atoms with Gasteiger partial charge in [0.25, 0.3) is 0 Å². The molecule has 1 unspecified atom stereocenters. The molecule has 0 saturated heterocycles. The number of carbonyl (C=O) groups excluding carboxylic acids is 1. The number of amides is 1. The van der Waals surface area contributed by atoms with Gasteiger partial charge in [0.05, 0.1) is 25.0 Å². The quantitative estimate of drug-likeness (QED) is 0.493. The minimum Gasteiger partial charge on any atom is -0.380 e. The van der Waals surface area contributed by atoms with Crippen molar-refractivity contribution < 1.29 is 22.7 Å². The predicted molar refractivity (Wildman–Crippen MR) is 81.9 cm³/mol. The van der Waals surface area contributed by atoms with Crippen LogP contribution in [0.15, 0.2) is 0 Å². The van der Waals surface area contributed by atoms with Gasteiger partial charge < -0.3 is 20.1 Å². The summed E-state index contributed by atoms with van der Waals surface area (Å²) in [5, 5.41) is 0. The molecule has 8 heteroatoms. The van der Waals surface area contributed by atoms with E-state index in [9.17, 15) is 13.2 Å². The number of ether oxygens (including phenoxy) is 2. The fraction of sp³-hybridized carbons (Fsp3) is 0.923. The van der Waals surface area contributed by atoms with Crippen LogP contribution < -0.4 is 5.73 Å². The van der Waals surface area contributed by atoms with Crippen LogP contribution in [-0.2, 0) is 24.1 Å². The van der Waals surface area contributed by atoms with Gasteiger partial charge in [-0.25, -0.2) is 8.42 Å². The second-order valence-corrected chi connectivity index (χ2v) is 7.00. The summed E-state index contributed by atoms with van der Waals surface area (Å²) in [4.78, 5) is 13.8. The summed E-state index contributed by atoms with van der Waals surface area (Å²) in [5.74, 6) is -0.358. The average molecular weight is 324 g/mol. The smallest absolute Gasteiger partial charge is 0.239 e. The Bertz CT molecular complexity index is 376. The molecule has 0 aromatic rings. The molecule has 0 aliphatic rings. The van der Waals surface area contributed by atoms with Crippen LogP contribution in [0.1, 0.15) is 20.3 Å². The van der Waals surface area contributed by atoms with Crippen LogP contribution in [0.5, 0.6) is 0 Å². The molecule has 2 N–H and O–H groups in total. The number of nitrogens with two attached hydrogens (primary N) is 1. The van der Waals surface area contributed by atoms with Gasteiger partial charge in [-0.15, -0.1) is 0 Å². The molecule has 0 aliphatic carbocycles. The Morgan fingerprint density at radius 2 is 1.62 bits per heavy atom. The van der Waals surface area contributed by atoms with Crippen LogP contribution in [-0.4, -0.2) is 76.8 Å². The summed E-state index contributed by atoms with van der Waals surface area (Å²) in [7, 11) is -3.12. The summed E-state index contributed by atoms with van der Waals surface area (Å²) < 4.78 is 32.7. The Balaban J connectivity index is 4.44. The van der Waals surface area contributed by atoms with Crippen molar-refractivity contribution >= 4 is 15.7 Å². The van der Waals surface area contributed by atoms with Crippen molar-refractivity contribution in [3.05, 3.63) is 0 Å². The van der Waals surface area contributed by atoms with E-state index >= 15 is 0 Å². The van der Waals surface area contributed by atoms with Crippen LogP contribution in [0.25, 0.3) is 0 Å². The second-order valence-electron chi connectivity index (χ2n) is 4.74. The van der Waals surface area contributed by atoms with Crippen LogP contribution >= 0.6 is 0 Å². The zero-order chi connectivity index (χ0) is 16.3. The largest absolute Gasteiger partial charge is 0.380 e. The first-order valence-electron chi connectivity index (χ1n) is 7.19. The van der Waals surface area contributed by atoms with Crippen LogP contribution in [0.2, 0.25) is 0 Å². The zero-order valence-corrected chi connectivity index (χ0v) is 14.0. The predicted octanol–water partition coefficient (Wildman–Crippen LogP) is -0.350. The third-order valence-corrected chi connectivity index (χ3v) is 3.83. The SMILES string of the molecule is CCOCCN(CCOCC)C(=O)C(N)CCS(C)(=O)=O. The van der Waals surface area contributed by atoms with Gasteiger partial charge in [0.1, 0.15) is 9.84 Å². The Labute approximate surface area is 127 Å². The first-order valence-corrected chi connectivity index (χ1v) is 9.25. The Hall–Kier alpha value is -0.700. The van der Waals surface area contributed by atoms with E-state index in [0.717, 1.165) is 6.26 Å². The van der Waals surface area contributed by atoms with Crippen molar-refractivity contribution in [1.29, 1.82) is 0 Å². The number of rotatable bonds is 12. The third kappa shape index (κ3) is 10.6. The van der Waals surface area contributed by atoms with Gasteiger partial charge in [0, 0.05) is 32.6 Å². The molecule has 0 aromatic carbocycles. The molecule has 0 rings (SSSR count). The van der Waals surface area contributed by atoms with Crippen LogP contribution in [0.4, 0.5) is 0 Å². The molecule has 0 aromatic heterocycles. The molecule has 0 bridgehead atoms. The van der Waals surface area contributed by atoms with Crippen molar-refractivity contribution in [3.8, 4) is 0 Å². The van der Waals surface area contributed by atoms with E-state index in [2.05, 4.69) is 0 Å². The summed E-state index contributed by atoms with van der Waals surface area (Å²) in [5.41, 5.74) is 5.80. The maximum absolute atomic E-state index is 12.2. The molecule has 0 aliphatic heterocycles. The molecule has 21 heavy (non-hydrogen) atoms. The zero-order valence-electron chi connectivity index (χ0n) is 13.2. The van der Waals surface area contributed by atoms with Gasteiger partial charge in [0.15, 0.2) is 0 Å². The van der Waals surface area contributed by atoms with Crippen molar-refractivity contribution in [2.45, 2.75) is 26.3 Å². The maximum Gasteiger partial charge on any atom is 0.239 e. The lowest BCUT2D eigenvalue weighted by Gasteiger charge is -2.25. The minimum absolute atomic E-state index is 0.0926. The number of carbonyl (C=O) groups is 1. The van der Waals surface area contributed by atoms with E-state index in [-0.39, 0.29) is 18.1 Å². The number of hydrogen-bond acceptors (Lipinski definition) is 6. The summed E-state index contributed by atoms with van der Waals surface area (Å²) in [6.07, 6.45) is 1.25. The molecule has 0 saturated carbocycles. The number of nitrogens with zero attached hydrogens (tertiary/aromatic N) is 1. The summed E-state index contributed by atoms with van der Waals surface area (Å²) >= 11 is 0. The Kier molecular flexibility index (Phi) is 10.6. The molecule has 126 valence electrons. The highest BCUT2D eigenvalue weighted by Gasteiger charge is 2.21. The second kappa shape index (κ2) is 10.9. The monoisotopic (exact) mass is 324 g/mol. The van der Waals surface area contributed by atoms with Crippen molar-refractivity contribution in [3.63, 3.8) is 0 Å². The highest BCUT2D eigenvalue weighted by molar-refractivity contribution is 7.90. The molecule has 0 spiro atoms. The third-order valence-electron chi connectivity index (χ3n) is 2.85. The van der Waals surface area contributed by atoms with Gasteiger partial charge >= 0.3 is 0 Å². The summed E-state index contributed by atoms with van der Waals surface area (Å²) in [6.45, 7) is 6.61. The Morgan fingerprint density at radius 3 is 2.00 bits per heavy atom. The average Bonchev–Trinajstić information content (AvgIpc) is 2.42. The number of hydrogen-bond donors (Lipinski definition) is 1. The van der Waals surface area contributed by atoms with E-state index in [4.69, 9.17) is 15.2 Å². The van der Waals surface area contributed by atoms with E-state index in [1.807, 2.05) is 13.8 Å². The number of sulfone groups is 1. The topological polar surface area (TPSA) is 98.9 Å². The van der Waals surface area contributed by atoms with Gasteiger partial charge in [-0.3, -0.25) is 4.79 Å². The maximum atomic E-state index is 12.2. The molecule has 0 fully saturated rings. The molecule has 7 nitrogen and oxygen atoms in total. The van der Waals surface area contributed by atoms with E-state index in [1.54, 1.807) is 4.90 Å². The minimum atomic E-state index is -3.12. The lowest BCUT2D eigenvalue weighted by atomic mass is 10.2. The Morgan fingerprint density at radius 1 is 1.14 bits per heavy atom. The fourth-order valence-corrected chi connectivity index (χ4v) is 2.35. The summed E-state index contributed by atoms with van der Waals surface area (Å²) in [6, 6.07) is -0.817. The lowest BCUT2D eigenvalue weighted by molar-refractivity contribution is -0.134. The van der Waals surface area contributed by atoms with Gasteiger partial charge in [-0.1, -0.05) is 0 Å². The van der Waals surface area contributed by atoms with Crippen molar-refractivity contribution in [2.75, 3.05) is 51.5 Å². The normalized spacial score (nSPS) is 13.1. The van der Waals surface area contributed by atoms with E-state index in [0.29, 0.717) is 39.5 Å². The van der Waals surface area contributed by atoms with Crippen molar-refractivity contribution in [2.24, 2.45) is 5.73 Å². The molecule has 1 atom stereocenters. The van der Waals surface area contributed by atoms with E-state index < -0.39 is 15.9 Å². The van der Waals surface area contributed by atoms with E-state index in [1.165, 1.54) is 0 Å². The van der Waals surface area contributed by atoms with Gasteiger partial charge in [0.2, 0.25) is 5.91 Å². The highest BCUT2D eigenvalue weighted by atomic mass is 32.2. The molecule has 1 amide bonds. The van der Waals surface area contributed by atoms with Gasteiger partial charge in [-0.05, 0) is 20.3 Å². The first-order chi connectivity index (χ1) is 9.81. The first kappa shape index (κ1) is 20.3. The van der Waals surface area contributed by atoms with Crippen LogP contribution in [0, 0.1) is 0 Å².